The first-order valence-electron chi connectivity index (χ1n) is 8.34. The van der Waals surface area contributed by atoms with Crippen molar-refractivity contribution in [1.29, 1.82) is 0 Å². The van der Waals surface area contributed by atoms with Gasteiger partial charge in [0.05, 0.1) is 11.3 Å². The molecule has 0 spiro atoms. The number of halogens is 1. The highest BCUT2D eigenvalue weighted by Crippen LogP contribution is 2.33. The van der Waals surface area contributed by atoms with Crippen LogP contribution in [0.5, 0.6) is 0 Å². The molecule has 0 aliphatic heterocycles. The number of para-hydroxylation sites is 1. The predicted molar refractivity (Wildman–Crippen MR) is 94.8 cm³/mol. The zero-order chi connectivity index (χ0) is 18.0. The van der Waals surface area contributed by atoms with Crippen molar-refractivity contribution in [1.82, 2.24) is 4.90 Å². The standard InChI is InChI=1S/C20H21FN2O2/c1-22(13-14-6-5-7-16(21)12-14)20(25)17-8-3-4-9-18(17)23(2)19(24)15-10-11-15/h3-9,12,15H,10-11,13H2,1-2H3. The highest BCUT2D eigenvalue weighted by atomic mass is 19.1. The van der Waals surface area contributed by atoms with Gasteiger partial charge in [-0.2, -0.15) is 0 Å². The lowest BCUT2D eigenvalue weighted by molar-refractivity contribution is -0.119. The monoisotopic (exact) mass is 340 g/mol. The van der Waals surface area contributed by atoms with Crippen LogP contribution in [-0.2, 0) is 11.3 Å². The van der Waals surface area contributed by atoms with Crippen molar-refractivity contribution in [2.45, 2.75) is 19.4 Å². The third kappa shape index (κ3) is 3.87. The molecule has 2 aromatic rings. The SMILES string of the molecule is CN(Cc1cccc(F)c1)C(=O)c1ccccc1N(C)C(=O)C1CC1. The van der Waals surface area contributed by atoms with Crippen LogP contribution in [0.25, 0.3) is 0 Å². The molecular formula is C20H21FN2O2. The Kier molecular flexibility index (Phi) is 4.83. The molecule has 0 N–H and O–H groups in total. The number of rotatable bonds is 5. The van der Waals surface area contributed by atoms with Crippen LogP contribution >= 0.6 is 0 Å². The molecule has 1 fully saturated rings. The second kappa shape index (κ2) is 7.05. The number of hydrogen-bond acceptors (Lipinski definition) is 2. The average molecular weight is 340 g/mol. The molecule has 5 heteroatoms. The van der Waals surface area contributed by atoms with Crippen LogP contribution in [0.3, 0.4) is 0 Å². The van der Waals surface area contributed by atoms with Crippen LogP contribution in [0.15, 0.2) is 48.5 Å². The summed E-state index contributed by atoms with van der Waals surface area (Å²) in [5.41, 5.74) is 1.80. The van der Waals surface area contributed by atoms with E-state index >= 15 is 0 Å². The summed E-state index contributed by atoms with van der Waals surface area (Å²) < 4.78 is 13.3. The van der Waals surface area contributed by atoms with Gasteiger partial charge in [0.15, 0.2) is 0 Å². The van der Waals surface area contributed by atoms with Crippen molar-refractivity contribution in [2.75, 3.05) is 19.0 Å². The lowest BCUT2D eigenvalue weighted by Crippen LogP contribution is -2.32. The second-order valence-corrected chi connectivity index (χ2v) is 6.48. The highest BCUT2D eigenvalue weighted by molar-refractivity contribution is 6.05. The fourth-order valence-electron chi connectivity index (χ4n) is 2.86. The Labute approximate surface area is 146 Å². The Balaban J connectivity index is 1.80. The highest BCUT2D eigenvalue weighted by Gasteiger charge is 2.33. The van der Waals surface area contributed by atoms with Crippen molar-refractivity contribution < 1.29 is 14.0 Å². The zero-order valence-corrected chi connectivity index (χ0v) is 14.4. The molecular weight excluding hydrogens is 319 g/mol. The van der Waals surface area contributed by atoms with Gasteiger partial charge in [0.2, 0.25) is 5.91 Å². The number of hydrogen-bond donors (Lipinski definition) is 0. The van der Waals surface area contributed by atoms with Crippen molar-refractivity contribution in [3.63, 3.8) is 0 Å². The van der Waals surface area contributed by atoms with Gasteiger partial charge in [-0.3, -0.25) is 9.59 Å². The molecule has 1 aliphatic carbocycles. The number of carbonyl (C=O) groups is 2. The maximum absolute atomic E-state index is 13.3. The number of anilines is 1. The average Bonchev–Trinajstić information content (AvgIpc) is 3.45. The Hall–Kier alpha value is -2.69. The normalized spacial score (nSPS) is 13.4. The molecule has 3 rings (SSSR count). The Bertz CT molecular complexity index is 802. The van der Waals surface area contributed by atoms with E-state index in [-0.39, 0.29) is 23.5 Å². The van der Waals surface area contributed by atoms with Gasteiger partial charge in [0.25, 0.3) is 5.91 Å². The molecule has 1 saturated carbocycles. The number of carbonyl (C=O) groups excluding carboxylic acids is 2. The van der Waals surface area contributed by atoms with Crippen LogP contribution in [0.2, 0.25) is 0 Å². The van der Waals surface area contributed by atoms with Gasteiger partial charge >= 0.3 is 0 Å². The summed E-state index contributed by atoms with van der Waals surface area (Å²) in [7, 11) is 3.38. The van der Waals surface area contributed by atoms with E-state index in [1.807, 2.05) is 6.07 Å². The van der Waals surface area contributed by atoms with E-state index in [1.165, 1.54) is 17.0 Å². The first-order chi connectivity index (χ1) is 12.0. The summed E-state index contributed by atoms with van der Waals surface area (Å²) in [6.07, 6.45) is 1.83. The van der Waals surface area contributed by atoms with Crippen LogP contribution in [0.4, 0.5) is 10.1 Å². The maximum Gasteiger partial charge on any atom is 0.256 e. The molecule has 4 nitrogen and oxygen atoms in total. The predicted octanol–water partition coefficient (Wildman–Crippen LogP) is 3.47. The summed E-state index contributed by atoms with van der Waals surface area (Å²) >= 11 is 0. The van der Waals surface area contributed by atoms with Gasteiger partial charge in [0.1, 0.15) is 5.82 Å². The van der Waals surface area contributed by atoms with E-state index in [4.69, 9.17) is 0 Å². The fraction of sp³-hybridized carbons (Fsp3) is 0.300. The van der Waals surface area contributed by atoms with Crippen LogP contribution < -0.4 is 4.90 Å². The summed E-state index contributed by atoms with van der Waals surface area (Å²) in [6, 6.07) is 13.3. The fourth-order valence-corrected chi connectivity index (χ4v) is 2.86. The molecule has 0 unspecified atom stereocenters. The first-order valence-corrected chi connectivity index (χ1v) is 8.34. The minimum Gasteiger partial charge on any atom is -0.337 e. The maximum atomic E-state index is 13.3. The molecule has 0 aromatic heterocycles. The van der Waals surface area contributed by atoms with E-state index in [2.05, 4.69) is 0 Å². The van der Waals surface area contributed by atoms with Crippen molar-refractivity contribution in [3.05, 3.63) is 65.5 Å². The zero-order valence-electron chi connectivity index (χ0n) is 14.4. The molecule has 0 atom stereocenters. The summed E-state index contributed by atoms with van der Waals surface area (Å²) in [4.78, 5) is 28.3. The van der Waals surface area contributed by atoms with E-state index < -0.39 is 0 Å². The lowest BCUT2D eigenvalue weighted by Gasteiger charge is -2.23. The van der Waals surface area contributed by atoms with Crippen LogP contribution in [0, 0.1) is 11.7 Å². The minimum absolute atomic E-state index is 0.0491. The Morgan fingerprint density at radius 3 is 2.48 bits per heavy atom. The quantitative estimate of drug-likeness (QED) is 0.836. The van der Waals surface area contributed by atoms with Gasteiger partial charge in [-0.15, -0.1) is 0 Å². The molecule has 0 radical (unpaired) electrons. The van der Waals surface area contributed by atoms with E-state index in [1.54, 1.807) is 49.3 Å². The van der Waals surface area contributed by atoms with Crippen molar-refractivity contribution >= 4 is 17.5 Å². The van der Waals surface area contributed by atoms with E-state index in [0.29, 0.717) is 17.8 Å². The minimum atomic E-state index is -0.325. The number of amides is 2. The summed E-state index contributed by atoms with van der Waals surface area (Å²) in [6.45, 7) is 0.297. The molecule has 0 saturated heterocycles. The molecule has 0 heterocycles. The van der Waals surface area contributed by atoms with Gasteiger partial charge in [-0.05, 0) is 42.7 Å². The number of benzene rings is 2. The van der Waals surface area contributed by atoms with Gasteiger partial charge < -0.3 is 9.80 Å². The van der Waals surface area contributed by atoms with Gasteiger partial charge in [0, 0.05) is 26.6 Å². The number of nitrogens with zero attached hydrogens (tertiary/aromatic N) is 2. The third-order valence-corrected chi connectivity index (χ3v) is 4.41. The smallest absolute Gasteiger partial charge is 0.256 e. The van der Waals surface area contributed by atoms with Crippen LogP contribution in [-0.4, -0.2) is 30.8 Å². The summed E-state index contributed by atoms with van der Waals surface area (Å²) in [5.74, 6) is -0.393. The largest absolute Gasteiger partial charge is 0.337 e. The van der Waals surface area contributed by atoms with E-state index in [0.717, 1.165) is 18.4 Å². The molecule has 2 amide bonds. The molecule has 2 aromatic carbocycles. The van der Waals surface area contributed by atoms with E-state index in [9.17, 15) is 14.0 Å². The molecule has 130 valence electrons. The van der Waals surface area contributed by atoms with Crippen LogP contribution in [0.1, 0.15) is 28.8 Å². The van der Waals surface area contributed by atoms with Gasteiger partial charge in [-0.25, -0.2) is 4.39 Å². The molecule has 25 heavy (non-hydrogen) atoms. The summed E-state index contributed by atoms with van der Waals surface area (Å²) in [5, 5.41) is 0. The Morgan fingerprint density at radius 1 is 1.08 bits per heavy atom. The first kappa shape index (κ1) is 17.1. The molecule has 1 aliphatic rings. The Morgan fingerprint density at radius 2 is 1.80 bits per heavy atom. The van der Waals surface area contributed by atoms with Gasteiger partial charge in [-0.1, -0.05) is 24.3 Å². The third-order valence-electron chi connectivity index (χ3n) is 4.41. The van der Waals surface area contributed by atoms with Crippen molar-refractivity contribution in [2.24, 2.45) is 5.92 Å². The molecule has 0 bridgehead atoms. The second-order valence-electron chi connectivity index (χ2n) is 6.48. The lowest BCUT2D eigenvalue weighted by atomic mass is 10.1. The van der Waals surface area contributed by atoms with Crippen molar-refractivity contribution in [3.8, 4) is 0 Å². The topological polar surface area (TPSA) is 40.6 Å².